The van der Waals surface area contributed by atoms with Gasteiger partial charge in [0.1, 0.15) is 13.1 Å². The topological polar surface area (TPSA) is 66.5 Å². The third-order valence-corrected chi connectivity index (χ3v) is 3.84. The molecule has 1 aliphatic rings. The number of nitrogens with one attached hydrogen (secondary N) is 1. The van der Waals surface area contributed by atoms with Gasteiger partial charge in [-0.05, 0) is 28.7 Å². The summed E-state index contributed by atoms with van der Waals surface area (Å²) in [4.78, 5) is 35.4. The molecule has 2 heterocycles. The standard InChI is InChI=1S/C9H7IN2O3S/c10-6-1-5(4-16-6)9(15)12-2-7(13)11-8(14)3-12/h1,4H,2-3H2,(H,11,13,14). The van der Waals surface area contributed by atoms with Gasteiger partial charge in [-0.3, -0.25) is 19.7 Å². The molecule has 0 radical (unpaired) electrons. The van der Waals surface area contributed by atoms with Gasteiger partial charge in [0, 0.05) is 5.38 Å². The molecule has 0 aliphatic carbocycles. The number of imide groups is 1. The third-order valence-electron chi connectivity index (χ3n) is 2.05. The summed E-state index contributed by atoms with van der Waals surface area (Å²) in [6.07, 6.45) is 0. The summed E-state index contributed by atoms with van der Waals surface area (Å²) in [6.45, 7) is -0.117. The van der Waals surface area contributed by atoms with E-state index in [1.54, 1.807) is 11.4 Å². The number of carbonyl (C=O) groups excluding carboxylic acids is 3. The number of nitrogens with zero attached hydrogens (tertiary/aromatic N) is 1. The molecule has 0 bridgehead atoms. The fourth-order valence-electron chi connectivity index (χ4n) is 1.39. The van der Waals surface area contributed by atoms with Crippen LogP contribution in [0.2, 0.25) is 0 Å². The molecule has 3 amide bonds. The van der Waals surface area contributed by atoms with Crippen LogP contribution in [-0.2, 0) is 9.59 Å². The Morgan fingerprint density at radius 2 is 2.00 bits per heavy atom. The maximum atomic E-state index is 11.9. The summed E-state index contributed by atoms with van der Waals surface area (Å²) in [5, 5.41) is 3.87. The molecule has 1 aliphatic heterocycles. The lowest BCUT2D eigenvalue weighted by molar-refractivity contribution is -0.135. The summed E-state index contributed by atoms with van der Waals surface area (Å²) in [5.41, 5.74) is 0.525. The molecule has 84 valence electrons. The Kier molecular flexibility index (Phi) is 3.24. The summed E-state index contributed by atoms with van der Waals surface area (Å²) in [6, 6.07) is 1.74. The van der Waals surface area contributed by atoms with Crippen molar-refractivity contribution in [1.82, 2.24) is 10.2 Å². The van der Waals surface area contributed by atoms with E-state index in [-0.39, 0.29) is 19.0 Å². The maximum Gasteiger partial charge on any atom is 0.255 e. The Bertz CT molecular complexity index is 455. The second-order valence-electron chi connectivity index (χ2n) is 3.27. The van der Waals surface area contributed by atoms with Crippen molar-refractivity contribution in [1.29, 1.82) is 0 Å². The van der Waals surface area contributed by atoms with E-state index in [0.717, 1.165) is 2.88 Å². The summed E-state index contributed by atoms with van der Waals surface area (Å²) < 4.78 is 0.994. The predicted octanol–water partition coefficient (Wildman–Crippen LogP) is 0.451. The van der Waals surface area contributed by atoms with Crippen LogP contribution in [0.1, 0.15) is 10.4 Å². The van der Waals surface area contributed by atoms with Crippen LogP contribution in [0, 0.1) is 2.88 Å². The minimum absolute atomic E-state index is 0.0585. The molecule has 1 N–H and O–H groups in total. The molecule has 16 heavy (non-hydrogen) atoms. The Balaban J connectivity index is 2.15. The highest BCUT2D eigenvalue weighted by molar-refractivity contribution is 14.1. The number of piperazine rings is 1. The van der Waals surface area contributed by atoms with Crippen LogP contribution in [0.4, 0.5) is 0 Å². The van der Waals surface area contributed by atoms with Crippen molar-refractivity contribution >= 4 is 51.6 Å². The molecule has 0 saturated carbocycles. The molecule has 5 nitrogen and oxygen atoms in total. The van der Waals surface area contributed by atoms with Crippen molar-refractivity contribution in [2.24, 2.45) is 0 Å². The zero-order valence-corrected chi connectivity index (χ0v) is 11.0. The van der Waals surface area contributed by atoms with E-state index in [9.17, 15) is 14.4 Å². The highest BCUT2D eigenvalue weighted by Gasteiger charge is 2.27. The van der Waals surface area contributed by atoms with Gasteiger partial charge in [-0.1, -0.05) is 0 Å². The minimum Gasteiger partial charge on any atom is -0.320 e. The fraction of sp³-hybridized carbons (Fsp3) is 0.222. The van der Waals surface area contributed by atoms with Gasteiger partial charge in [0.15, 0.2) is 0 Å². The van der Waals surface area contributed by atoms with E-state index in [1.807, 2.05) is 0 Å². The van der Waals surface area contributed by atoms with E-state index < -0.39 is 11.8 Å². The molecule has 1 fully saturated rings. The Labute approximate surface area is 109 Å². The molecular formula is C9H7IN2O3S. The Hall–Kier alpha value is -0.960. The van der Waals surface area contributed by atoms with Crippen LogP contribution >= 0.6 is 33.9 Å². The highest BCUT2D eigenvalue weighted by Crippen LogP contribution is 2.18. The molecule has 0 aromatic carbocycles. The molecule has 0 unspecified atom stereocenters. The molecule has 0 atom stereocenters. The van der Waals surface area contributed by atoms with Gasteiger partial charge in [0.05, 0.1) is 8.45 Å². The number of hydrogen-bond donors (Lipinski definition) is 1. The smallest absolute Gasteiger partial charge is 0.255 e. The molecule has 7 heteroatoms. The molecule has 1 aromatic rings. The predicted molar refractivity (Wildman–Crippen MR) is 66.1 cm³/mol. The lowest BCUT2D eigenvalue weighted by atomic mass is 10.2. The van der Waals surface area contributed by atoms with Gasteiger partial charge >= 0.3 is 0 Å². The van der Waals surface area contributed by atoms with Crippen LogP contribution in [0.15, 0.2) is 11.4 Å². The Morgan fingerprint density at radius 3 is 2.50 bits per heavy atom. The zero-order chi connectivity index (χ0) is 11.7. The number of thiophene rings is 1. The number of halogens is 1. The van der Waals surface area contributed by atoms with Crippen molar-refractivity contribution in [3.63, 3.8) is 0 Å². The van der Waals surface area contributed by atoms with Crippen LogP contribution in [0.3, 0.4) is 0 Å². The average Bonchev–Trinajstić information content (AvgIpc) is 2.62. The monoisotopic (exact) mass is 350 g/mol. The lowest BCUT2D eigenvalue weighted by Gasteiger charge is -2.24. The van der Waals surface area contributed by atoms with Crippen LogP contribution in [0.5, 0.6) is 0 Å². The van der Waals surface area contributed by atoms with Gasteiger partial charge in [0.2, 0.25) is 11.8 Å². The first-order valence-electron chi connectivity index (χ1n) is 4.42. The number of rotatable bonds is 1. The largest absolute Gasteiger partial charge is 0.320 e. The minimum atomic E-state index is -0.436. The van der Waals surface area contributed by atoms with Crippen molar-refractivity contribution in [3.05, 3.63) is 19.9 Å². The number of carbonyl (C=O) groups is 3. The van der Waals surface area contributed by atoms with Crippen molar-refractivity contribution in [2.75, 3.05) is 13.1 Å². The van der Waals surface area contributed by atoms with Crippen LogP contribution in [-0.4, -0.2) is 35.7 Å². The first-order chi connectivity index (χ1) is 7.56. The normalized spacial score (nSPS) is 16.2. The van der Waals surface area contributed by atoms with Crippen molar-refractivity contribution in [3.8, 4) is 0 Å². The van der Waals surface area contributed by atoms with Crippen LogP contribution < -0.4 is 5.32 Å². The number of amides is 3. The van der Waals surface area contributed by atoms with E-state index in [0.29, 0.717) is 5.56 Å². The lowest BCUT2D eigenvalue weighted by Crippen LogP contribution is -2.53. The molecular weight excluding hydrogens is 343 g/mol. The van der Waals surface area contributed by atoms with Crippen molar-refractivity contribution < 1.29 is 14.4 Å². The van der Waals surface area contributed by atoms with Gasteiger partial charge in [0.25, 0.3) is 5.91 Å². The van der Waals surface area contributed by atoms with Crippen LogP contribution in [0.25, 0.3) is 0 Å². The van der Waals surface area contributed by atoms with Gasteiger partial charge in [-0.2, -0.15) is 0 Å². The van der Waals surface area contributed by atoms with Gasteiger partial charge in [-0.15, -0.1) is 11.3 Å². The first kappa shape index (κ1) is 11.5. The third kappa shape index (κ3) is 2.40. The quantitative estimate of drug-likeness (QED) is 0.591. The molecule has 0 spiro atoms. The second-order valence-corrected chi connectivity index (χ2v) is 6.08. The highest BCUT2D eigenvalue weighted by atomic mass is 127. The summed E-state index contributed by atoms with van der Waals surface area (Å²) in [5.74, 6) is -1.15. The van der Waals surface area contributed by atoms with Gasteiger partial charge in [-0.25, -0.2) is 0 Å². The molecule has 1 aromatic heterocycles. The average molecular weight is 350 g/mol. The fourth-order valence-corrected chi connectivity index (χ4v) is 2.71. The molecule has 1 saturated heterocycles. The van der Waals surface area contributed by atoms with E-state index in [4.69, 9.17) is 0 Å². The van der Waals surface area contributed by atoms with E-state index >= 15 is 0 Å². The van der Waals surface area contributed by atoms with E-state index in [1.165, 1.54) is 16.2 Å². The summed E-state index contributed by atoms with van der Waals surface area (Å²) >= 11 is 3.57. The first-order valence-corrected chi connectivity index (χ1v) is 6.38. The SMILES string of the molecule is O=C1CN(C(=O)c2csc(I)c2)CC(=O)N1. The zero-order valence-electron chi connectivity index (χ0n) is 8.03. The second kappa shape index (κ2) is 4.50. The van der Waals surface area contributed by atoms with Gasteiger partial charge < -0.3 is 4.90 Å². The van der Waals surface area contributed by atoms with E-state index in [2.05, 4.69) is 27.9 Å². The molecule has 2 rings (SSSR count). The van der Waals surface area contributed by atoms with Crippen molar-refractivity contribution in [2.45, 2.75) is 0 Å². The maximum absolute atomic E-state index is 11.9. The Morgan fingerprint density at radius 1 is 1.38 bits per heavy atom. The summed E-state index contributed by atoms with van der Waals surface area (Å²) in [7, 11) is 0. The number of hydrogen-bond acceptors (Lipinski definition) is 4.